The van der Waals surface area contributed by atoms with Crippen LogP contribution in [0.5, 0.6) is 0 Å². The molecule has 2 heteroatoms. The van der Waals surface area contributed by atoms with Crippen molar-refractivity contribution in [2.24, 2.45) is 0 Å². The average molecular weight is 196 g/mol. The Balaban J connectivity index is 0. The molecule has 82 valence electrons. The molecule has 2 nitrogen and oxygen atoms in total. The maximum absolute atomic E-state index is 5.62. The van der Waals surface area contributed by atoms with Crippen molar-refractivity contribution in [3.63, 3.8) is 0 Å². The van der Waals surface area contributed by atoms with Crippen molar-refractivity contribution in [1.29, 1.82) is 10.8 Å². The van der Waals surface area contributed by atoms with Crippen molar-refractivity contribution in [3.05, 3.63) is 12.2 Å². The van der Waals surface area contributed by atoms with Crippen molar-refractivity contribution in [2.75, 3.05) is 0 Å². The summed E-state index contributed by atoms with van der Waals surface area (Å²) in [5.74, 6) is 0. The third-order valence-electron chi connectivity index (χ3n) is 1.85. The van der Waals surface area contributed by atoms with Crippen molar-refractivity contribution >= 4 is 6.01 Å². The summed E-state index contributed by atoms with van der Waals surface area (Å²) >= 11 is 0. The minimum absolute atomic E-state index is 1.25. The first kappa shape index (κ1) is 15.6. The van der Waals surface area contributed by atoms with Gasteiger partial charge in [-0.3, -0.25) is 0 Å². The van der Waals surface area contributed by atoms with Gasteiger partial charge in [-0.15, -0.1) is 0 Å². The molecule has 0 aromatic rings. The third kappa shape index (κ3) is 22.5. The average Bonchev–Trinajstić information content (AvgIpc) is 2.18. The molecule has 0 saturated heterocycles. The number of hydrogen-bond acceptors (Lipinski definition) is 2. The second-order valence-corrected chi connectivity index (χ2v) is 3.23. The third-order valence-corrected chi connectivity index (χ3v) is 1.85. The fraction of sp³-hybridized carbons (Fsp3) is 0.750. The predicted octanol–water partition coefficient (Wildman–Crippen LogP) is 4.63. The van der Waals surface area contributed by atoms with Gasteiger partial charge < -0.3 is 0 Å². The smallest absolute Gasteiger partial charge is 0.0831 e. The van der Waals surface area contributed by atoms with E-state index < -0.39 is 0 Å². The topological polar surface area (TPSA) is 47.7 Å². The van der Waals surface area contributed by atoms with Gasteiger partial charge in [0, 0.05) is 0 Å². The summed E-state index contributed by atoms with van der Waals surface area (Å²) in [6.07, 6.45) is 14.0. The molecular weight excluding hydrogens is 172 g/mol. The van der Waals surface area contributed by atoms with Gasteiger partial charge in [0.15, 0.2) is 0 Å². The summed E-state index contributed by atoms with van der Waals surface area (Å²) < 4.78 is 0. The van der Waals surface area contributed by atoms with Gasteiger partial charge in [-0.05, 0) is 19.3 Å². The predicted molar refractivity (Wildman–Crippen MR) is 63.3 cm³/mol. The van der Waals surface area contributed by atoms with Crippen LogP contribution in [0.4, 0.5) is 0 Å². The molecule has 0 aromatic heterocycles. The molecule has 2 N–H and O–H groups in total. The van der Waals surface area contributed by atoms with Gasteiger partial charge in [-0.2, -0.15) is 0 Å². The van der Waals surface area contributed by atoms with Crippen LogP contribution in [0.3, 0.4) is 0 Å². The van der Waals surface area contributed by atoms with Crippen molar-refractivity contribution in [1.82, 2.24) is 0 Å². The van der Waals surface area contributed by atoms with Crippen LogP contribution >= 0.6 is 0 Å². The minimum atomic E-state index is 1.25. The molecule has 0 aliphatic carbocycles. The van der Waals surface area contributed by atoms with Crippen LogP contribution < -0.4 is 0 Å². The van der Waals surface area contributed by atoms with Gasteiger partial charge in [0.2, 0.25) is 0 Å². The van der Waals surface area contributed by atoms with Gasteiger partial charge in [0.1, 0.15) is 0 Å². The van der Waals surface area contributed by atoms with Crippen LogP contribution in [-0.4, -0.2) is 6.01 Å². The molecule has 0 radical (unpaired) electrons. The molecule has 0 rings (SSSR count). The minimum Gasteiger partial charge on any atom is -0.242 e. The summed E-state index contributed by atoms with van der Waals surface area (Å²) in [5.41, 5.74) is 0. The van der Waals surface area contributed by atoms with E-state index in [4.69, 9.17) is 10.8 Å². The van der Waals surface area contributed by atoms with E-state index in [1.165, 1.54) is 51.0 Å². The van der Waals surface area contributed by atoms with E-state index in [0.29, 0.717) is 0 Å². The van der Waals surface area contributed by atoms with Crippen LogP contribution in [0, 0.1) is 10.8 Å². The second kappa shape index (κ2) is 18.0. The highest BCUT2D eigenvalue weighted by Gasteiger charge is 1.83. The summed E-state index contributed by atoms with van der Waals surface area (Å²) in [6.45, 7) is 4.48. The lowest BCUT2D eigenvalue weighted by molar-refractivity contribution is 0.673. The van der Waals surface area contributed by atoms with Gasteiger partial charge >= 0.3 is 0 Å². The molecule has 0 atom stereocenters. The number of allylic oxidation sites excluding steroid dienone is 2. The van der Waals surface area contributed by atoms with Crippen LogP contribution in [-0.2, 0) is 0 Å². The zero-order chi connectivity index (χ0) is 11.1. The van der Waals surface area contributed by atoms with Crippen LogP contribution in [0.1, 0.15) is 58.8 Å². The van der Waals surface area contributed by atoms with Gasteiger partial charge in [0.25, 0.3) is 0 Å². The van der Waals surface area contributed by atoms with Crippen LogP contribution in [0.2, 0.25) is 0 Å². The first-order valence-corrected chi connectivity index (χ1v) is 5.56. The summed E-state index contributed by atoms with van der Waals surface area (Å²) in [7, 11) is 0. The fourth-order valence-corrected chi connectivity index (χ4v) is 1.09. The fourth-order valence-electron chi connectivity index (χ4n) is 1.09. The molecule has 0 aliphatic heterocycles. The molecule has 0 saturated carbocycles. The Bertz CT molecular complexity index is 144. The zero-order valence-corrected chi connectivity index (χ0v) is 9.60. The first-order chi connectivity index (χ1) is 6.83. The number of rotatable bonds is 7. The Morgan fingerprint density at radius 2 is 1.43 bits per heavy atom. The quantitative estimate of drug-likeness (QED) is 0.339. The Morgan fingerprint density at radius 1 is 0.857 bits per heavy atom. The molecule has 0 unspecified atom stereocenters. The Hall–Kier alpha value is -0.880. The van der Waals surface area contributed by atoms with Gasteiger partial charge in [-0.25, -0.2) is 10.8 Å². The molecule has 14 heavy (non-hydrogen) atoms. The lowest BCUT2D eigenvalue weighted by Crippen LogP contribution is -1.73. The molecule has 0 heterocycles. The van der Waals surface area contributed by atoms with Crippen LogP contribution in [0.25, 0.3) is 0 Å². The molecule has 0 spiro atoms. The SMILES string of the molecule is CCCC=CCCCCCC.N=C=N. The standard InChI is InChI=1S/C11H22.CH2N2/c1-3-5-7-9-11-10-8-6-4-2;2-1-3/h7,9H,3-6,8,10-11H2,1-2H3;2-3H. The van der Waals surface area contributed by atoms with Crippen LogP contribution in [0.15, 0.2) is 12.2 Å². The maximum atomic E-state index is 5.62. The highest BCUT2D eigenvalue weighted by molar-refractivity contribution is 5.29. The highest BCUT2D eigenvalue weighted by atomic mass is 14.4. The Labute approximate surface area is 88.4 Å². The zero-order valence-electron chi connectivity index (χ0n) is 9.60. The van der Waals surface area contributed by atoms with E-state index >= 15 is 0 Å². The lowest BCUT2D eigenvalue weighted by atomic mass is 10.1. The molecule has 0 fully saturated rings. The van der Waals surface area contributed by atoms with E-state index in [0.717, 1.165) is 0 Å². The number of hydrogen-bond donors (Lipinski definition) is 2. The molecule has 0 aromatic carbocycles. The molecular formula is C12H24N2. The van der Waals surface area contributed by atoms with E-state index in [2.05, 4.69) is 26.0 Å². The largest absolute Gasteiger partial charge is 0.242 e. The van der Waals surface area contributed by atoms with Crippen molar-refractivity contribution < 1.29 is 0 Å². The normalized spacial score (nSPS) is 9.29. The second-order valence-electron chi connectivity index (χ2n) is 3.23. The van der Waals surface area contributed by atoms with E-state index in [-0.39, 0.29) is 0 Å². The Morgan fingerprint density at radius 3 is 1.93 bits per heavy atom. The van der Waals surface area contributed by atoms with E-state index in [9.17, 15) is 0 Å². The van der Waals surface area contributed by atoms with Gasteiger partial charge in [0.05, 0.1) is 6.01 Å². The van der Waals surface area contributed by atoms with Gasteiger partial charge in [-0.1, -0.05) is 51.7 Å². The summed E-state index contributed by atoms with van der Waals surface area (Å²) in [5, 5.41) is 11.2. The summed E-state index contributed by atoms with van der Waals surface area (Å²) in [4.78, 5) is 0. The number of nitrogens with one attached hydrogen (secondary N) is 2. The van der Waals surface area contributed by atoms with E-state index in [1.807, 2.05) is 0 Å². The molecule has 0 amide bonds. The first-order valence-electron chi connectivity index (χ1n) is 5.56. The molecule has 0 bridgehead atoms. The van der Waals surface area contributed by atoms with Crippen molar-refractivity contribution in [3.8, 4) is 0 Å². The molecule has 0 aliphatic rings. The Kier molecular flexibility index (Phi) is 20.1. The lowest BCUT2D eigenvalue weighted by Gasteiger charge is -1.93. The monoisotopic (exact) mass is 196 g/mol. The highest BCUT2D eigenvalue weighted by Crippen LogP contribution is 2.03. The van der Waals surface area contributed by atoms with Crippen molar-refractivity contribution in [2.45, 2.75) is 58.8 Å². The summed E-state index contributed by atoms with van der Waals surface area (Å²) in [6, 6.07) is 1.25. The van der Waals surface area contributed by atoms with E-state index in [1.54, 1.807) is 0 Å². The number of unbranched alkanes of at least 4 members (excludes halogenated alkanes) is 5. The maximum Gasteiger partial charge on any atom is 0.0831 e.